The van der Waals surface area contributed by atoms with Crippen molar-refractivity contribution in [2.45, 2.75) is 24.0 Å². The number of halogens is 4. The van der Waals surface area contributed by atoms with Crippen molar-refractivity contribution < 1.29 is 26.3 Å². The normalized spacial score (nSPS) is 14.9. The number of nitrogens with zero attached hydrogens (tertiary/aromatic N) is 1. The number of hydrogen-bond donors (Lipinski definition) is 1. The molecule has 0 unspecified atom stereocenters. The highest BCUT2D eigenvalue weighted by Gasteiger charge is 2.54. The molecule has 1 saturated carbocycles. The lowest BCUT2D eigenvalue weighted by molar-refractivity contribution is 0.409. The van der Waals surface area contributed by atoms with Crippen LogP contribution in [0.3, 0.4) is 0 Å². The van der Waals surface area contributed by atoms with E-state index >= 15 is 0 Å². The van der Waals surface area contributed by atoms with Gasteiger partial charge in [-0.05, 0) is 60.1 Å². The molecule has 5 nitrogen and oxygen atoms in total. The quantitative estimate of drug-likeness (QED) is 0.355. The number of sulfonamides is 1. The average Bonchev–Trinajstić information content (AvgIpc) is 3.46. The number of nitrogens with one attached hydrogen (secondary N) is 1. The van der Waals surface area contributed by atoms with Crippen molar-refractivity contribution in [3.63, 3.8) is 0 Å². The molecule has 3 rings (SSSR count). The molecule has 0 heterocycles. The van der Waals surface area contributed by atoms with Crippen molar-refractivity contribution in [2.75, 3.05) is 23.8 Å². The predicted octanol–water partition coefficient (Wildman–Crippen LogP) is 5.34. The Kier molecular flexibility index (Phi) is 6.28. The van der Waals surface area contributed by atoms with Crippen LogP contribution in [0.1, 0.15) is 19.3 Å². The molecule has 0 aliphatic heterocycles. The first-order valence-corrected chi connectivity index (χ1v) is 11.5. The molecule has 162 valence electrons. The van der Waals surface area contributed by atoms with Gasteiger partial charge in [-0.2, -0.15) is 0 Å². The molecule has 0 radical (unpaired) electrons. The van der Waals surface area contributed by atoms with E-state index in [9.17, 15) is 21.6 Å². The summed E-state index contributed by atoms with van der Waals surface area (Å²) in [4.78, 5) is 1.05. The average molecular weight is 552 g/mol. The van der Waals surface area contributed by atoms with Gasteiger partial charge < -0.3 is 9.64 Å². The Morgan fingerprint density at radius 1 is 1.27 bits per heavy atom. The zero-order chi connectivity index (χ0) is 22.3. The number of benzene rings is 2. The Morgan fingerprint density at radius 3 is 2.47 bits per heavy atom. The Bertz CT molecular complexity index is 1100. The third-order valence-electron chi connectivity index (χ3n) is 5.12. The lowest BCUT2D eigenvalue weighted by Gasteiger charge is -2.27. The molecule has 0 saturated heterocycles. The van der Waals surface area contributed by atoms with Gasteiger partial charge in [0.2, 0.25) is 10.0 Å². The third-order valence-corrected chi connectivity index (χ3v) is 7.97. The fraction of sp³-hybridized carbons (Fsp3) is 0.300. The van der Waals surface area contributed by atoms with Crippen LogP contribution in [-0.2, 0) is 10.0 Å². The van der Waals surface area contributed by atoms with E-state index in [1.54, 1.807) is 6.07 Å². The smallest absolute Gasteiger partial charge is 0.238 e. The minimum atomic E-state index is -3.99. The van der Waals surface area contributed by atoms with Gasteiger partial charge in [0, 0.05) is 16.7 Å². The van der Waals surface area contributed by atoms with Gasteiger partial charge in [-0.3, -0.25) is 4.72 Å². The molecule has 1 fully saturated rings. The van der Waals surface area contributed by atoms with Crippen LogP contribution in [0.25, 0.3) is 0 Å². The van der Waals surface area contributed by atoms with Gasteiger partial charge in [0.05, 0.1) is 17.5 Å². The largest absolute Gasteiger partial charge is 0.494 e. The highest BCUT2D eigenvalue weighted by Crippen LogP contribution is 2.50. The highest BCUT2D eigenvalue weighted by atomic mass is 127. The number of rotatable bonds is 8. The molecular weight excluding hydrogens is 532 g/mol. The van der Waals surface area contributed by atoms with E-state index in [-0.39, 0.29) is 23.5 Å². The minimum absolute atomic E-state index is 0.0605. The molecule has 2 aromatic carbocycles. The summed E-state index contributed by atoms with van der Waals surface area (Å²) in [6, 6.07) is 4.97. The van der Waals surface area contributed by atoms with Crippen LogP contribution >= 0.6 is 22.6 Å². The van der Waals surface area contributed by atoms with E-state index in [4.69, 9.17) is 4.74 Å². The maximum Gasteiger partial charge on any atom is 0.238 e. The second-order valence-corrected chi connectivity index (χ2v) is 10.4. The summed E-state index contributed by atoms with van der Waals surface area (Å²) in [5, 5.41) is 0. The zero-order valence-electron chi connectivity index (χ0n) is 16.3. The standard InChI is InChI=1S/C20H20F3IN2O3S/c1-4-7-20(8-9-20)30(27,28)25-18-16(29-3)11-14(22)17(23)19(18)26(2)15-6-5-12(24)10-13(15)21/h4-6,10-11,25H,1,7-9H2,2-3H3. The van der Waals surface area contributed by atoms with E-state index in [0.29, 0.717) is 16.4 Å². The summed E-state index contributed by atoms with van der Waals surface area (Å²) in [5.74, 6) is -3.48. The molecule has 30 heavy (non-hydrogen) atoms. The van der Waals surface area contributed by atoms with Crippen molar-refractivity contribution in [1.29, 1.82) is 0 Å². The Labute approximate surface area is 187 Å². The van der Waals surface area contributed by atoms with Gasteiger partial charge in [-0.15, -0.1) is 6.58 Å². The fourth-order valence-corrected chi connectivity index (χ4v) is 5.38. The summed E-state index contributed by atoms with van der Waals surface area (Å²) in [6.07, 6.45) is 2.54. The molecule has 0 aromatic heterocycles. The van der Waals surface area contributed by atoms with Crippen molar-refractivity contribution in [3.05, 3.63) is 57.9 Å². The van der Waals surface area contributed by atoms with E-state index in [1.165, 1.54) is 32.4 Å². The summed E-state index contributed by atoms with van der Waals surface area (Å²) in [6.45, 7) is 3.59. The molecule has 2 aromatic rings. The van der Waals surface area contributed by atoms with E-state index in [0.717, 1.165) is 11.0 Å². The lowest BCUT2D eigenvalue weighted by Crippen LogP contribution is -2.30. The van der Waals surface area contributed by atoms with Gasteiger partial charge in [-0.1, -0.05) is 6.08 Å². The molecule has 0 bridgehead atoms. The van der Waals surface area contributed by atoms with E-state index < -0.39 is 37.9 Å². The fourth-order valence-electron chi connectivity index (χ4n) is 3.27. The van der Waals surface area contributed by atoms with Crippen LogP contribution in [0.4, 0.5) is 30.2 Å². The van der Waals surface area contributed by atoms with Crippen molar-refractivity contribution >= 4 is 49.7 Å². The monoisotopic (exact) mass is 552 g/mol. The molecule has 0 spiro atoms. The summed E-state index contributed by atoms with van der Waals surface area (Å²) >= 11 is 1.92. The molecule has 1 aliphatic rings. The van der Waals surface area contributed by atoms with E-state index in [1.807, 2.05) is 22.6 Å². The number of anilines is 3. The van der Waals surface area contributed by atoms with E-state index in [2.05, 4.69) is 11.3 Å². The molecule has 0 atom stereocenters. The van der Waals surface area contributed by atoms with Crippen LogP contribution in [0.2, 0.25) is 0 Å². The summed E-state index contributed by atoms with van der Waals surface area (Å²) < 4.78 is 76.8. The number of methoxy groups -OCH3 is 1. The van der Waals surface area contributed by atoms with Crippen LogP contribution in [0.5, 0.6) is 5.75 Å². The van der Waals surface area contributed by atoms with Gasteiger partial charge in [-0.25, -0.2) is 21.6 Å². The summed E-state index contributed by atoms with van der Waals surface area (Å²) in [5.41, 5.74) is -0.841. The highest BCUT2D eigenvalue weighted by molar-refractivity contribution is 14.1. The van der Waals surface area contributed by atoms with Crippen molar-refractivity contribution in [3.8, 4) is 5.75 Å². The molecule has 0 amide bonds. The van der Waals surface area contributed by atoms with Crippen molar-refractivity contribution in [2.24, 2.45) is 0 Å². The zero-order valence-corrected chi connectivity index (χ0v) is 19.3. The second kappa shape index (κ2) is 8.29. The Balaban J connectivity index is 2.18. The maximum atomic E-state index is 14.9. The first kappa shape index (κ1) is 22.7. The topological polar surface area (TPSA) is 58.6 Å². The van der Waals surface area contributed by atoms with Crippen LogP contribution < -0.4 is 14.4 Å². The first-order chi connectivity index (χ1) is 14.1. The third kappa shape index (κ3) is 3.98. The van der Waals surface area contributed by atoms with Gasteiger partial charge in [0.1, 0.15) is 22.9 Å². The Morgan fingerprint density at radius 2 is 1.93 bits per heavy atom. The first-order valence-electron chi connectivity index (χ1n) is 8.95. The number of ether oxygens (including phenoxy) is 1. The second-order valence-electron chi connectivity index (χ2n) is 7.03. The van der Waals surface area contributed by atoms with Crippen molar-refractivity contribution in [1.82, 2.24) is 0 Å². The number of allylic oxidation sites excluding steroid dienone is 1. The maximum absolute atomic E-state index is 14.9. The summed E-state index contributed by atoms with van der Waals surface area (Å²) in [7, 11) is -1.47. The predicted molar refractivity (Wildman–Crippen MR) is 119 cm³/mol. The van der Waals surface area contributed by atoms with Gasteiger partial charge >= 0.3 is 0 Å². The molecular formula is C20H20F3IN2O3S. The molecule has 1 N–H and O–H groups in total. The SMILES string of the molecule is C=CCC1(S(=O)(=O)Nc2c(OC)cc(F)c(F)c2N(C)c2ccc(I)cc2F)CC1. The number of hydrogen-bond acceptors (Lipinski definition) is 4. The molecule has 10 heteroatoms. The van der Waals surface area contributed by atoms with Gasteiger partial charge in [0.15, 0.2) is 11.6 Å². The van der Waals surface area contributed by atoms with Gasteiger partial charge in [0.25, 0.3) is 0 Å². The van der Waals surface area contributed by atoms with Crippen LogP contribution in [0, 0.1) is 21.0 Å². The Hall–Kier alpha value is -1.95. The molecule has 1 aliphatic carbocycles. The van der Waals surface area contributed by atoms with Crippen LogP contribution in [0.15, 0.2) is 36.9 Å². The lowest BCUT2D eigenvalue weighted by atomic mass is 10.2. The van der Waals surface area contributed by atoms with Crippen LogP contribution in [-0.4, -0.2) is 27.3 Å². The minimum Gasteiger partial charge on any atom is -0.494 e.